The zero-order valence-corrected chi connectivity index (χ0v) is 19.0. The molecule has 5 heterocycles. The summed E-state index contributed by atoms with van der Waals surface area (Å²) in [5.41, 5.74) is 2.14. The van der Waals surface area contributed by atoms with Gasteiger partial charge in [-0.2, -0.15) is 4.98 Å². The fraction of sp³-hybridized carbons (Fsp3) is 0.565. The van der Waals surface area contributed by atoms with Gasteiger partial charge in [-0.05, 0) is 43.2 Å². The van der Waals surface area contributed by atoms with Gasteiger partial charge in [0.1, 0.15) is 17.7 Å². The highest BCUT2D eigenvalue weighted by Crippen LogP contribution is 2.50. The Hall–Kier alpha value is -3.01. The lowest BCUT2D eigenvalue weighted by Crippen LogP contribution is -2.51. The lowest BCUT2D eigenvalue weighted by Gasteiger charge is -2.52. The van der Waals surface area contributed by atoms with Gasteiger partial charge < -0.3 is 24.8 Å². The number of nitrogens with one attached hydrogen (secondary N) is 2. The molecule has 3 aromatic rings. The number of alkyl halides is 1. The largest absolute Gasteiger partial charge is 0.378 e. The van der Waals surface area contributed by atoms with Crippen molar-refractivity contribution in [1.82, 2.24) is 24.9 Å². The maximum absolute atomic E-state index is 9.50. The maximum Gasteiger partial charge on any atom is 0.205 e. The molecule has 0 bridgehead atoms. The third-order valence-corrected chi connectivity index (χ3v) is 7.07. The number of rotatable bonds is 4. The summed E-state index contributed by atoms with van der Waals surface area (Å²) in [6.07, 6.45) is 8.32. The smallest absolute Gasteiger partial charge is 0.205 e. The van der Waals surface area contributed by atoms with Crippen LogP contribution in [0.2, 0.25) is 0 Å². The van der Waals surface area contributed by atoms with Gasteiger partial charge in [0.05, 0.1) is 20.4 Å². The first-order chi connectivity index (χ1) is 16.3. The van der Waals surface area contributed by atoms with E-state index in [-0.39, 0.29) is 0 Å². The monoisotopic (exact) mass is 454 g/mol. The Kier molecular flexibility index (Phi) is 6.26. The van der Waals surface area contributed by atoms with E-state index in [0.29, 0.717) is 18.6 Å². The molecule has 33 heavy (non-hydrogen) atoms. The molecular weight excluding hydrogens is 423 g/mol. The summed E-state index contributed by atoms with van der Waals surface area (Å²) in [7, 11) is 0.500. The number of fused-ring (bicyclic) bond motifs is 1. The van der Waals surface area contributed by atoms with Gasteiger partial charge in [0.25, 0.3) is 0 Å². The minimum absolute atomic E-state index is 0.466. The van der Waals surface area contributed by atoms with Gasteiger partial charge in [-0.25, -0.2) is 15.0 Å². The number of halogens is 1. The third kappa shape index (κ3) is 4.44. The van der Waals surface area contributed by atoms with Crippen molar-refractivity contribution in [2.24, 2.45) is 5.41 Å². The van der Waals surface area contributed by atoms with Crippen LogP contribution < -0.4 is 15.1 Å². The molecule has 10 heteroatoms. The molecule has 1 aliphatic carbocycles. The number of pyridine rings is 1. The molecule has 2 saturated heterocycles. The first-order valence-corrected chi connectivity index (χ1v) is 11.6. The van der Waals surface area contributed by atoms with E-state index in [1.165, 1.54) is 25.7 Å². The molecule has 3 aromatic heterocycles. The number of ether oxygens (including phenoxy) is 1. The molecule has 0 amide bonds. The van der Waals surface area contributed by atoms with E-state index in [2.05, 4.69) is 35.1 Å². The van der Waals surface area contributed by atoms with E-state index >= 15 is 0 Å². The molecule has 3 aliphatic rings. The van der Waals surface area contributed by atoms with E-state index in [1.807, 2.05) is 24.4 Å². The Balaban J connectivity index is 0.00000111. The van der Waals surface area contributed by atoms with Crippen molar-refractivity contribution in [2.45, 2.75) is 31.7 Å². The van der Waals surface area contributed by atoms with Crippen LogP contribution in [0.4, 0.5) is 22.0 Å². The zero-order valence-electron chi connectivity index (χ0n) is 19.0. The van der Waals surface area contributed by atoms with E-state index < -0.39 is 0 Å². The highest BCUT2D eigenvalue weighted by atomic mass is 19.1. The Morgan fingerprint density at radius 2 is 1.82 bits per heavy atom. The molecule has 6 rings (SSSR count). The van der Waals surface area contributed by atoms with E-state index in [9.17, 15) is 4.39 Å². The lowest BCUT2D eigenvalue weighted by atomic mass is 9.60. The van der Waals surface area contributed by atoms with Crippen molar-refractivity contribution in [3.63, 3.8) is 0 Å². The number of morpholine rings is 1. The number of hydrogen-bond acceptors (Lipinski definition) is 8. The first-order valence-electron chi connectivity index (χ1n) is 11.6. The summed E-state index contributed by atoms with van der Waals surface area (Å²) in [4.78, 5) is 26.3. The second-order valence-corrected chi connectivity index (χ2v) is 9.01. The van der Waals surface area contributed by atoms with Crippen molar-refractivity contribution in [3.05, 3.63) is 30.7 Å². The molecule has 0 radical (unpaired) electrons. The second-order valence-electron chi connectivity index (χ2n) is 9.01. The van der Waals surface area contributed by atoms with Crippen molar-refractivity contribution in [1.29, 1.82) is 0 Å². The molecular formula is C23H31FN8O. The minimum atomic E-state index is 0.466. The number of H-pyrrole nitrogens is 1. The molecule has 176 valence electrons. The Morgan fingerprint density at radius 1 is 1.03 bits per heavy atom. The van der Waals surface area contributed by atoms with Crippen LogP contribution in [-0.4, -0.2) is 77.5 Å². The topological polar surface area (TPSA) is 95.1 Å². The normalized spacial score (nSPS) is 20.3. The van der Waals surface area contributed by atoms with E-state index in [0.717, 1.165) is 68.1 Å². The Morgan fingerprint density at radius 3 is 2.55 bits per heavy atom. The molecule has 2 N–H and O–H groups in total. The van der Waals surface area contributed by atoms with Crippen LogP contribution >= 0.6 is 0 Å². The highest BCUT2D eigenvalue weighted by molar-refractivity contribution is 5.85. The molecule has 0 unspecified atom stereocenters. The molecule has 3 fully saturated rings. The fourth-order valence-corrected chi connectivity index (χ4v) is 5.31. The predicted octanol–water partition coefficient (Wildman–Crippen LogP) is 3.03. The molecule has 9 nitrogen and oxygen atoms in total. The minimum Gasteiger partial charge on any atom is -0.378 e. The third-order valence-electron chi connectivity index (χ3n) is 7.07. The van der Waals surface area contributed by atoms with Crippen LogP contribution in [0.1, 0.15) is 25.7 Å². The average Bonchev–Trinajstić information content (AvgIpc) is 3.30. The SMILES string of the molecule is CF.c1ccc(NC2CC3(CCN(c4nc5ncnc(N6CCOCC6)c5[nH]4)CC3)C2)nc1. The van der Waals surface area contributed by atoms with Gasteiger partial charge in [-0.15, -0.1) is 0 Å². The number of piperidine rings is 1. The van der Waals surface area contributed by atoms with Gasteiger partial charge in [-0.1, -0.05) is 6.07 Å². The molecule has 2 aliphatic heterocycles. The van der Waals surface area contributed by atoms with E-state index in [1.54, 1.807) is 6.33 Å². The fourth-order valence-electron chi connectivity index (χ4n) is 5.31. The second kappa shape index (κ2) is 9.46. The van der Waals surface area contributed by atoms with Crippen LogP contribution in [-0.2, 0) is 4.74 Å². The van der Waals surface area contributed by atoms with Gasteiger partial charge in [0.2, 0.25) is 5.95 Å². The van der Waals surface area contributed by atoms with Gasteiger partial charge in [-0.3, -0.25) is 4.39 Å². The molecule has 0 atom stereocenters. The van der Waals surface area contributed by atoms with Crippen molar-refractivity contribution in [2.75, 3.05) is 61.7 Å². The summed E-state index contributed by atoms with van der Waals surface area (Å²) in [5.74, 6) is 2.84. The van der Waals surface area contributed by atoms with Crippen LogP contribution in [0.15, 0.2) is 30.7 Å². The number of nitrogens with zero attached hydrogens (tertiary/aromatic N) is 6. The molecule has 1 spiro atoms. The highest BCUT2D eigenvalue weighted by Gasteiger charge is 2.46. The van der Waals surface area contributed by atoms with E-state index in [4.69, 9.17) is 9.72 Å². The van der Waals surface area contributed by atoms with Crippen molar-refractivity contribution >= 4 is 28.7 Å². The quantitative estimate of drug-likeness (QED) is 0.621. The van der Waals surface area contributed by atoms with Gasteiger partial charge in [0, 0.05) is 38.4 Å². The predicted molar refractivity (Wildman–Crippen MR) is 127 cm³/mol. The van der Waals surface area contributed by atoms with Crippen LogP contribution in [0.3, 0.4) is 0 Å². The van der Waals surface area contributed by atoms with Gasteiger partial charge >= 0.3 is 0 Å². The Labute approximate surface area is 192 Å². The summed E-state index contributed by atoms with van der Waals surface area (Å²) in [5, 5.41) is 3.58. The number of hydrogen-bond donors (Lipinski definition) is 2. The van der Waals surface area contributed by atoms with Gasteiger partial charge in [0.15, 0.2) is 11.5 Å². The standard InChI is InChI=1S/C22H28N8O.CH3F/c1-2-6-23-17(3-1)26-16-13-22(14-16)4-7-30(8-5-22)21-27-18-19(28-21)24-15-25-20(18)29-9-11-31-12-10-29;1-2/h1-3,6,15-16H,4-5,7-14H2,(H,23,26)(H,24,25,27,28);1H3. The lowest BCUT2D eigenvalue weighted by molar-refractivity contribution is 0.0796. The summed E-state index contributed by atoms with van der Waals surface area (Å²) in [6.45, 7) is 5.21. The van der Waals surface area contributed by atoms with Crippen LogP contribution in [0.25, 0.3) is 11.2 Å². The first kappa shape index (κ1) is 21.8. The molecule has 1 saturated carbocycles. The summed E-state index contributed by atoms with van der Waals surface area (Å²) >= 11 is 0. The van der Waals surface area contributed by atoms with Crippen LogP contribution in [0.5, 0.6) is 0 Å². The zero-order chi connectivity index (χ0) is 22.7. The maximum atomic E-state index is 9.50. The average molecular weight is 455 g/mol. The molecule has 0 aromatic carbocycles. The number of anilines is 3. The Bertz CT molecular complexity index is 1040. The summed E-state index contributed by atoms with van der Waals surface area (Å²) in [6, 6.07) is 6.57. The number of aromatic nitrogens is 5. The summed E-state index contributed by atoms with van der Waals surface area (Å²) < 4.78 is 15.0. The van der Waals surface area contributed by atoms with Crippen LogP contribution in [0, 0.1) is 5.41 Å². The number of aromatic amines is 1. The van der Waals surface area contributed by atoms with Crippen molar-refractivity contribution in [3.8, 4) is 0 Å². The number of imidazole rings is 1. The van der Waals surface area contributed by atoms with Crippen molar-refractivity contribution < 1.29 is 9.13 Å².